The van der Waals surface area contributed by atoms with Gasteiger partial charge in [0, 0.05) is 52.9 Å². The van der Waals surface area contributed by atoms with E-state index < -0.39 is 10.0 Å². The van der Waals surface area contributed by atoms with E-state index >= 15 is 0 Å². The van der Waals surface area contributed by atoms with Gasteiger partial charge >= 0.3 is 0 Å². The van der Waals surface area contributed by atoms with Crippen LogP contribution in [0, 0.1) is 5.41 Å². The topological polar surface area (TPSA) is 68.2 Å². The van der Waals surface area contributed by atoms with Crippen molar-refractivity contribution >= 4 is 40.0 Å². The van der Waals surface area contributed by atoms with Gasteiger partial charge in [-0.05, 0) is 43.4 Å². The van der Waals surface area contributed by atoms with Crippen molar-refractivity contribution in [3.05, 3.63) is 29.8 Å². The SMILES string of the molecule is CN=C(NCc1ccccc1S(=O)(=O)N1CCN(C)CC1)N1CCC2(CCCCC2)C1.I. The third-order valence-corrected chi connectivity index (χ3v) is 9.35. The third-order valence-electron chi connectivity index (χ3n) is 7.35. The molecule has 3 aliphatic rings. The zero-order valence-electron chi connectivity index (χ0n) is 19.4. The van der Waals surface area contributed by atoms with Gasteiger partial charge in [0.1, 0.15) is 0 Å². The molecule has 180 valence electrons. The summed E-state index contributed by atoms with van der Waals surface area (Å²) < 4.78 is 28.3. The molecule has 0 aromatic heterocycles. The molecule has 7 nitrogen and oxygen atoms in total. The Morgan fingerprint density at radius 3 is 2.41 bits per heavy atom. The molecule has 2 heterocycles. The van der Waals surface area contributed by atoms with Crippen molar-refractivity contribution in [3.63, 3.8) is 0 Å². The molecule has 0 amide bonds. The molecule has 1 aliphatic carbocycles. The van der Waals surface area contributed by atoms with Crippen molar-refractivity contribution in [1.82, 2.24) is 19.4 Å². The van der Waals surface area contributed by atoms with Gasteiger partial charge in [-0.3, -0.25) is 4.99 Å². The van der Waals surface area contributed by atoms with Gasteiger partial charge in [0.2, 0.25) is 10.0 Å². The number of nitrogens with zero attached hydrogens (tertiary/aromatic N) is 4. The number of hydrogen-bond donors (Lipinski definition) is 1. The number of halogens is 1. The van der Waals surface area contributed by atoms with Crippen molar-refractivity contribution in [2.75, 3.05) is 53.4 Å². The molecule has 1 aromatic rings. The Hall–Kier alpha value is -0.910. The maximum Gasteiger partial charge on any atom is 0.243 e. The van der Waals surface area contributed by atoms with Gasteiger partial charge in [-0.1, -0.05) is 37.5 Å². The monoisotopic (exact) mass is 575 g/mol. The van der Waals surface area contributed by atoms with Crippen molar-refractivity contribution in [2.24, 2.45) is 10.4 Å². The minimum absolute atomic E-state index is 0. The molecule has 2 aliphatic heterocycles. The van der Waals surface area contributed by atoms with Crippen LogP contribution in [0.1, 0.15) is 44.1 Å². The normalized spacial score (nSPS) is 22.7. The van der Waals surface area contributed by atoms with Gasteiger partial charge in [-0.25, -0.2) is 8.42 Å². The Balaban J connectivity index is 0.00000289. The minimum Gasteiger partial charge on any atom is -0.352 e. The summed E-state index contributed by atoms with van der Waals surface area (Å²) in [4.78, 5) is 9.46. The first-order chi connectivity index (χ1) is 14.9. The molecule has 3 fully saturated rings. The lowest BCUT2D eigenvalue weighted by Crippen LogP contribution is -2.47. The summed E-state index contributed by atoms with van der Waals surface area (Å²) in [5.74, 6) is 0.884. The Morgan fingerprint density at radius 1 is 1.03 bits per heavy atom. The van der Waals surface area contributed by atoms with Gasteiger partial charge in [0.05, 0.1) is 4.90 Å². The van der Waals surface area contributed by atoms with E-state index in [1.165, 1.54) is 38.5 Å². The molecule has 9 heteroatoms. The maximum atomic E-state index is 13.3. The van der Waals surface area contributed by atoms with Gasteiger partial charge in [-0.15, -0.1) is 24.0 Å². The molecular formula is C23H38IN5O2S. The number of hydrogen-bond acceptors (Lipinski definition) is 4. The van der Waals surface area contributed by atoms with Crippen LogP contribution in [-0.4, -0.2) is 81.8 Å². The highest BCUT2D eigenvalue weighted by Gasteiger charge is 2.39. The first-order valence-corrected chi connectivity index (χ1v) is 13.1. The fraction of sp³-hybridized carbons (Fsp3) is 0.696. The molecule has 1 aromatic carbocycles. The first-order valence-electron chi connectivity index (χ1n) is 11.7. The average molecular weight is 576 g/mol. The second-order valence-corrected chi connectivity index (χ2v) is 11.4. The predicted octanol–water partition coefficient (Wildman–Crippen LogP) is 2.97. The van der Waals surface area contributed by atoms with Crippen LogP contribution in [0.15, 0.2) is 34.2 Å². The number of rotatable bonds is 4. The number of benzene rings is 1. The molecule has 1 spiro atoms. The number of sulfonamides is 1. The zero-order chi connectivity index (χ0) is 21.9. The van der Waals surface area contributed by atoms with E-state index in [0.29, 0.717) is 29.9 Å². The molecule has 1 saturated carbocycles. The summed E-state index contributed by atoms with van der Waals surface area (Å²) in [5, 5.41) is 3.46. The van der Waals surface area contributed by atoms with E-state index in [9.17, 15) is 8.42 Å². The van der Waals surface area contributed by atoms with Gasteiger partial charge in [0.15, 0.2) is 5.96 Å². The smallest absolute Gasteiger partial charge is 0.243 e. The summed E-state index contributed by atoms with van der Waals surface area (Å²) >= 11 is 0. The number of nitrogens with one attached hydrogen (secondary N) is 1. The highest BCUT2D eigenvalue weighted by Crippen LogP contribution is 2.43. The Kier molecular flexibility index (Phi) is 8.85. The Bertz CT molecular complexity index is 893. The minimum atomic E-state index is -3.50. The average Bonchev–Trinajstić information content (AvgIpc) is 3.18. The van der Waals surface area contributed by atoms with Crippen LogP contribution in [0.25, 0.3) is 0 Å². The largest absolute Gasteiger partial charge is 0.352 e. The predicted molar refractivity (Wildman–Crippen MR) is 140 cm³/mol. The van der Waals surface area contributed by atoms with Crippen LogP contribution in [0.5, 0.6) is 0 Å². The molecule has 0 unspecified atom stereocenters. The van der Waals surface area contributed by atoms with Gasteiger partial charge in [0.25, 0.3) is 0 Å². The molecule has 4 rings (SSSR count). The van der Waals surface area contributed by atoms with E-state index in [4.69, 9.17) is 0 Å². The highest BCUT2D eigenvalue weighted by molar-refractivity contribution is 14.0. The molecular weight excluding hydrogens is 537 g/mol. The van der Waals surface area contributed by atoms with Crippen LogP contribution in [0.3, 0.4) is 0 Å². The fourth-order valence-electron chi connectivity index (χ4n) is 5.40. The lowest BCUT2D eigenvalue weighted by atomic mass is 9.73. The summed E-state index contributed by atoms with van der Waals surface area (Å²) in [6, 6.07) is 7.38. The van der Waals surface area contributed by atoms with E-state index in [-0.39, 0.29) is 24.0 Å². The second-order valence-electron chi connectivity index (χ2n) is 9.45. The van der Waals surface area contributed by atoms with Crippen molar-refractivity contribution in [3.8, 4) is 0 Å². The van der Waals surface area contributed by atoms with Crippen LogP contribution in [0.2, 0.25) is 0 Å². The van der Waals surface area contributed by atoms with Gasteiger partial charge in [-0.2, -0.15) is 4.31 Å². The van der Waals surface area contributed by atoms with Crippen LogP contribution in [0.4, 0.5) is 0 Å². The van der Waals surface area contributed by atoms with Crippen LogP contribution >= 0.6 is 24.0 Å². The van der Waals surface area contributed by atoms with Crippen LogP contribution in [-0.2, 0) is 16.6 Å². The lowest BCUT2D eigenvalue weighted by molar-refractivity contribution is 0.203. The summed E-state index contributed by atoms with van der Waals surface area (Å²) in [6.45, 7) is 5.16. The standard InChI is InChI=1S/C23H37N5O2S.HI/c1-24-22(27-13-12-23(19-27)10-6-3-7-11-23)25-18-20-8-4-5-9-21(20)31(29,30)28-16-14-26(2)15-17-28;/h4-5,8-9H,3,6-7,10-19H2,1-2H3,(H,24,25);1H. The van der Waals surface area contributed by atoms with Crippen molar-refractivity contribution < 1.29 is 8.42 Å². The molecule has 0 atom stereocenters. The lowest BCUT2D eigenvalue weighted by Gasteiger charge is -2.33. The number of piperazine rings is 1. The van der Waals surface area contributed by atoms with Gasteiger partial charge < -0.3 is 15.1 Å². The van der Waals surface area contributed by atoms with E-state index in [1.807, 2.05) is 32.3 Å². The maximum absolute atomic E-state index is 13.3. The molecule has 0 bridgehead atoms. The molecule has 2 saturated heterocycles. The van der Waals surface area contributed by atoms with Crippen LogP contribution < -0.4 is 5.32 Å². The van der Waals surface area contributed by atoms with E-state index in [2.05, 4.69) is 20.1 Å². The number of likely N-dealkylation sites (N-methyl/N-ethyl adjacent to an activating group) is 1. The summed E-state index contributed by atoms with van der Waals surface area (Å²) in [5.41, 5.74) is 1.26. The number of aliphatic imine (C=N–C) groups is 1. The van der Waals surface area contributed by atoms with E-state index in [1.54, 1.807) is 10.4 Å². The fourth-order valence-corrected chi connectivity index (χ4v) is 7.05. The summed E-state index contributed by atoms with van der Waals surface area (Å²) in [6.07, 6.45) is 7.95. The third kappa shape index (κ3) is 5.59. The number of likely N-dealkylation sites (tertiary alicyclic amines) is 1. The quantitative estimate of drug-likeness (QED) is 0.340. The zero-order valence-corrected chi connectivity index (χ0v) is 22.6. The molecule has 0 radical (unpaired) electrons. The Morgan fingerprint density at radius 2 is 1.72 bits per heavy atom. The molecule has 1 N–H and O–H groups in total. The first kappa shape index (κ1) is 25.7. The number of guanidine groups is 1. The van der Waals surface area contributed by atoms with Crippen molar-refractivity contribution in [1.29, 1.82) is 0 Å². The molecule has 32 heavy (non-hydrogen) atoms. The van der Waals surface area contributed by atoms with E-state index in [0.717, 1.165) is 37.7 Å². The highest BCUT2D eigenvalue weighted by atomic mass is 127. The second kappa shape index (κ2) is 11.0. The summed E-state index contributed by atoms with van der Waals surface area (Å²) in [7, 11) is 0.353. The Labute approximate surface area is 210 Å². The van der Waals surface area contributed by atoms with Crippen molar-refractivity contribution in [2.45, 2.75) is 50.0 Å².